The van der Waals surface area contributed by atoms with Crippen LogP contribution in [-0.4, -0.2) is 55.8 Å². The van der Waals surface area contributed by atoms with Gasteiger partial charge in [0.15, 0.2) is 5.96 Å². The van der Waals surface area contributed by atoms with Crippen LogP contribution in [0.1, 0.15) is 53.4 Å². The molecule has 23 heavy (non-hydrogen) atoms. The Labute approximate surface area is 141 Å². The molecule has 1 saturated heterocycles. The van der Waals surface area contributed by atoms with E-state index >= 15 is 0 Å². The summed E-state index contributed by atoms with van der Waals surface area (Å²) in [6.45, 7) is 11.3. The minimum absolute atomic E-state index is 0.194. The van der Waals surface area contributed by atoms with Gasteiger partial charge in [0.1, 0.15) is 5.60 Å². The molecule has 6 heteroatoms. The molecule has 1 amide bonds. The highest BCUT2D eigenvalue weighted by atomic mass is 16.6. The first-order valence-electron chi connectivity index (χ1n) is 8.78. The normalized spacial score (nSPS) is 17.1. The lowest BCUT2D eigenvalue weighted by molar-refractivity contribution is 0.0185. The number of aliphatic imine (C=N–C) groups is 1. The summed E-state index contributed by atoms with van der Waals surface area (Å²) in [6, 6.07) is 0. The smallest absolute Gasteiger partial charge is 0.410 e. The maximum absolute atomic E-state index is 12.0. The number of guanidine groups is 1. The average Bonchev–Trinajstić information content (AvgIpc) is 2.49. The van der Waals surface area contributed by atoms with Crippen LogP contribution in [0.25, 0.3) is 0 Å². The molecular formula is C17H34N4O2. The largest absolute Gasteiger partial charge is 0.444 e. The van der Waals surface area contributed by atoms with Crippen LogP contribution in [0, 0.1) is 5.92 Å². The molecular weight excluding hydrogens is 292 g/mol. The monoisotopic (exact) mass is 326 g/mol. The third-order valence-electron chi connectivity index (χ3n) is 3.87. The Bertz CT molecular complexity index is 383. The number of nitrogens with zero attached hydrogens (tertiary/aromatic N) is 2. The standard InChI is InChI=1S/C17H34N4O2/c1-6-7-10-19-15(18-5)20-13-14-8-11-21(12-9-14)16(22)23-17(2,3)4/h14H,6-13H2,1-5H3,(H2,18,19,20). The molecule has 2 N–H and O–H groups in total. The summed E-state index contributed by atoms with van der Waals surface area (Å²) < 4.78 is 5.43. The van der Waals surface area contributed by atoms with Crippen molar-refractivity contribution in [3.05, 3.63) is 0 Å². The van der Waals surface area contributed by atoms with E-state index in [0.717, 1.165) is 51.4 Å². The predicted octanol–water partition coefficient (Wildman–Crippen LogP) is 2.60. The van der Waals surface area contributed by atoms with Gasteiger partial charge in [-0.3, -0.25) is 4.99 Å². The van der Waals surface area contributed by atoms with Crippen molar-refractivity contribution in [3.63, 3.8) is 0 Å². The van der Waals surface area contributed by atoms with Crippen molar-refractivity contribution in [2.75, 3.05) is 33.2 Å². The van der Waals surface area contributed by atoms with Crippen molar-refractivity contribution in [2.45, 2.75) is 59.0 Å². The van der Waals surface area contributed by atoms with Crippen LogP contribution in [-0.2, 0) is 4.74 Å². The van der Waals surface area contributed by atoms with Gasteiger partial charge in [-0.2, -0.15) is 0 Å². The Morgan fingerprint density at radius 2 is 1.91 bits per heavy atom. The van der Waals surface area contributed by atoms with Gasteiger partial charge in [-0.05, 0) is 46.0 Å². The molecule has 0 spiro atoms. The first-order chi connectivity index (χ1) is 10.9. The number of amides is 1. The second-order valence-electron chi connectivity index (χ2n) is 7.14. The Morgan fingerprint density at radius 3 is 2.43 bits per heavy atom. The van der Waals surface area contributed by atoms with Crippen LogP contribution in [0.3, 0.4) is 0 Å². The minimum atomic E-state index is -0.424. The van der Waals surface area contributed by atoms with E-state index in [4.69, 9.17) is 4.74 Å². The highest BCUT2D eigenvalue weighted by Gasteiger charge is 2.26. The van der Waals surface area contributed by atoms with E-state index in [1.165, 1.54) is 6.42 Å². The fourth-order valence-corrected chi connectivity index (χ4v) is 2.49. The highest BCUT2D eigenvalue weighted by Crippen LogP contribution is 2.19. The van der Waals surface area contributed by atoms with Crippen LogP contribution >= 0.6 is 0 Å². The fourth-order valence-electron chi connectivity index (χ4n) is 2.49. The summed E-state index contributed by atoms with van der Waals surface area (Å²) in [5.41, 5.74) is -0.424. The fraction of sp³-hybridized carbons (Fsp3) is 0.882. The first-order valence-corrected chi connectivity index (χ1v) is 8.78. The molecule has 134 valence electrons. The lowest BCUT2D eigenvalue weighted by Crippen LogP contribution is -2.45. The summed E-state index contributed by atoms with van der Waals surface area (Å²) in [4.78, 5) is 18.1. The summed E-state index contributed by atoms with van der Waals surface area (Å²) >= 11 is 0. The van der Waals surface area contributed by atoms with Gasteiger partial charge in [0.25, 0.3) is 0 Å². The Morgan fingerprint density at radius 1 is 1.26 bits per heavy atom. The number of rotatable bonds is 5. The molecule has 1 rings (SSSR count). The van der Waals surface area contributed by atoms with Crippen molar-refractivity contribution in [1.82, 2.24) is 15.5 Å². The molecule has 0 aromatic heterocycles. The number of unbranched alkanes of at least 4 members (excludes halogenated alkanes) is 1. The maximum Gasteiger partial charge on any atom is 0.410 e. The number of hydrogen-bond donors (Lipinski definition) is 2. The molecule has 0 aromatic carbocycles. The van der Waals surface area contributed by atoms with Gasteiger partial charge >= 0.3 is 6.09 Å². The molecule has 0 atom stereocenters. The zero-order valence-electron chi connectivity index (χ0n) is 15.4. The summed E-state index contributed by atoms with van der Waals surface area (Å²) in [6.07, 6.45) is 4.12. The molecule has 1 aliphatic rings. The Kier molecular flexibility index (Phi) is 8.20. The van der Waals surface area contributed by atoms with Gasteiger partial charge < -0.3 is 20.3 Å². The molecule has 1 fully saturated rings. The van der Waals surface area contributed by atoms with Crippen LogP contribution in [0.2, 0.25) is 0 Å². The number of carbonyl (C=O) groups is 1. The average molecular weight is 326 g/mol. The highest BCUT2D eigenvalue weighted by molar-refractivity contribution is 5.79. The van der Waals surface area contributed by atoms with Crippen LogP contribution < -0.4 is 10.6 Å². The van der Waals surface area contributed by atoms with Gasteiger partial charge in [0.2, 0.25) is 0 Å². The van der Waals surface area contributed by atoms with Gasteiger partial charge in [-0.25, -0.2) is 4.79 Å². The topological polar surface area (TPSA) is 66.0 Å². The third-order valence-corrected chi connectivity index (χ3v) is 3.87. The SMILES string of the molecule is CCCCNC(=NC)NCC1CCN(C(=O)OC(C)(C)C)CC1. The zero-order chi connectivity index (χ0) is 17.3. The van der Waals surface area contributed by atoms with E-state index in [0.29, 0.717) is 5.92 Å². The van der Waals surface area contributed by atoms with Gasteiger partial charge in [0.05, 0.1) is 0 Å². The number of piperidine rings is 1. The van der Waals surface area contributed by atoms with E-state index in [2.05, 4.69) is 22.5 Å². The van der Waals surface area contributed by atoms with Gasteiger partial charge in [-0.1, -0.05) is 13.3 Å². The quantitative estimate of drug-likeness (QED) is 0.463. The van der Waals surface area contributed by atoms with Crippen LogP contribution in [0.15, 0.2) is 4.99 Å². The number of nitrogens with one attached hydrogen (secondary N) is 2. The zero-order valence-corrected chi connectivity index (χ0v) is 15.4. The van der Waals surface area contributed by atoms with Gasteiger partial charge in [-0.15, -0.1) is 0 Å². The van der Waals surface area contributed by atoms with Gasteiger partial charge in [0, 0.05) is 33.2 Å². The van der Waals surface area contributed by atoms with Crippen molar-refractivity contribution < 1.29 is 9.53 Å². The molecule has 6 nitrogen and oxygen atoms in total. The molecule has 1 aliphatic heterocycles. The van der Waals surface area contributed by atoms with E-state index < -0.39 is 5.60 Å². The first kappa shape index (κ1) is 19.6. The third kappa shape index (κ3) is 8.09. The van der Waals surface area contributed by atoms with Crippen molar-refractivity contribution in [2.24, 2.45) is 10.9 Å². The summed E-state index contributed by atoms with van der Waals surface area (Å²) in [5.74, 6) is 1.44. The molecule has 0 radical (unpaired) electrons. The molecule has 0 aliphatic carbocycles. The second-order valence-corrected chi connectivity index (χ2v) is 7.14. The molecule has 0 saturated carbocycles. The number of carbonyl (C=O) groups excluding carboxylic acids is 1. The van der Waals surface area contributed by atoms with E-state index in [-0.39, 0.29) is 6.09 Å². The maximum atomic E-state index is 12.0. The predicted molar refractivity (Wildman–Crippen MR) is 94.8 cm³/mol. The molecule has 1 heterocycles. The Balaban J connectivity index is 2.27. The van der Waals surface area contributed by atoms with E-state index in [9.17, 15) is 4.79 Å². The van der Waals surface area contributed by atoms with E-state index in [1.54, 1.807) is 7.05 Å². The number of hydrogen-bond acceptors (Lipinski definition) is 3. The molecule has 0 aromatic rings. The van der Waals surface area contributed by atoms with Crippen molar-refractivity contribution >= 4 is 12.1 Å². The summed E-state index contributed by atoms with van der Waals surface area (Å²) in [5, 5.41) is 6.70. The lowest BCUT2D eigenvalue weighted by Gasteiger charge is -2.33. The van der Waals surface area contributed by atoms with Crippen LogP contribution in [0.5, 0.6) is 0 Å². The van der Waals surface area contributed by atoms with Crippen molar-refractivity contribution in [1.29, 1.82) is 0 Å². The molecule has 0 unspecified atom stereocenters. The molecule has 0 bridgehead atoms. The Hall–Kier alpha value is -1.46. The lowest BCUT2D eigenvalue weighted by atomic mass is 9.97. The van der Waals surface area contributed by atoms with E-state index in [1.807, 2.05) is 25.7 Å². The number of likely N-dealkylation sites (tertiary alicyclic amines) is 1. The minimum Gasteiger partial charge on any atom is -0.444 e. The number of ether oxygens (including phenoxy) is 1. The van der Waals surface area contributed by atoms with Crippen molar-refractivity contribution in [3.8, 4) is 0 Å². The van der Waals surface area contributed by atoms with Crippen LogP contribution in [0.4, 0.5) is 4.79 Å². The second kappa shape index (κ2) is 9.63. The summed E-state index contributed by atoms with van der Waals surface area (Å²) in [7, 11) is 1.80.